The molecule has 3 fully saturated rings. The first-order valence-corrected chi connectivity index (χ1v) is 28.8. The summed E-state index contributed by atoms with van der Waals surface area (Å²) in [4.78, 5) is 107. The van der Waals surface area contributed by atoms with Gasteiger partial charge in [-0.2, -0.15) is 4.98 Å². The predicted octanol–water partition coefficient (Wildman–Crippen LogP) is -5.35. The lowest BCUT2D eigenvalue weighted by atomic mass is 10.1. The van der Waals surface area contributed by atoms with Gasteiger partial charge in [-0.15, -0.1) is 0 Å². The number of nitrogens with zero attached hydrogens (tertiary/aromatic N) is 10. The van der Waals surface area contributed by atoms with Crippen molar-refractivity contribution in [3.63, 3.8) is 0 Å². The molecule has 0 amide bonds. The van der Waals surface area contributed by atoms with Gasteiger partial charge in [-0.25, -0.2) is 33.1 Å². The number of nitrogens with one attached hydrogen (secondary N) is 3. The third-order valence-corrected chi connectivity index (χ3v) is 17.2. The number of aryl methyl sites for hydroxylation is 1. The van der Waals surface area contributed by atoms with E-state index in [0.29, 0.717) is 0 Å². The Morgan fingerprint density at radius 3 is 1.96 bits per heavy atom. The molecule has 43 heteroatoms. The number of nitrogen functional groups attached to an aromatic ring is 2. The molecule has 9 heterocycles. The summed E-state index contributed by atoms with van der Waals surface area (Å²) in [6.07, 6.45) is -15.7. The molecule has 3 aliphatic heterocycles. The fourth-order valence-electron chi connectivity index (χ4n) is 8.89. The van der Waals surface area contributed by atoms with Crippen LogP contribution >= 0.6 is 31.3 Å². The quantitative estimate of drug-likeness (QED) is 0.0232. The minimum absolute atomic E-state index is 0.0425. The number of imidazole rings is 3. The minimum atomic E-state index is -6.59. The van der Waals surface area contributed by atoms with Crippen molar-refractivity contribution in [1.82, 2.24) is 53.6 Å². The predicted molar refractivity (Wildman–Crippen MR) is 249 cm³/mol. The largest absolute Gasteiger partial charge is 0.756 e. The summed E-state index contributed by atoms with van der Waals surface area (Å²) in [5, 5.41) is 35.7. The molecule has 3 saturated heterocycles. The molecule has 16 atom stereocenters. The number of aromatic amines is 2. The number of phosphoric ester groups is 3. The Labute approximate surface area is 440 Å². The van der Waals surface area contributed by atoms with Gasteiger partial charge in [0.05, 0.1) is 45.6 Å². The first-order valence-electron chi connectivity index (χ1n) is 22.9. The van der Waals surface area contributed by atoms with E-state index in [2.05, 4.69) is 58.3 Å². The van der Waals surface area contributed by atoms with Crippen molar-refractivity contribution in [2.45, 2.75) is 93.6 Å². The van der Waals surface area contributed by atoms with Crippen LogP contribution in [0.4, 0.5) is 17.7 Å². The summed E-state index contributed by atoms with van der Waals surface area (Å²) in [5.74, 6) is -0.387. The summed E-state index contributed by atoms with van der Waals surface area (Å²) in [7, 11) is -20.7. The van der Waals surface area contributed by atoms with E-state index in [1.165, 1.54) is 40.5 Å². The van der Waals surface area contributed by atoms with E-state index in [-0.39, 0.29) is 51.2 Å². The van der Waals surface area contributed by atoms with Crippen molar-refractivity contribution in [1.29, 1.82) is 0 Å². The van der Waals surface area contributed by atoms with Gasteiger partial charge < -0.3 is 93.5 Å². The number of aliphatic hydroxyl groups excluding tert-OH is 3. The number of hydrogen-bond donors (Lipinski definition) is 8. The summed E-state index contributed by atoms with van der Waals surface area (Å²) in [6, 6.07) is 0. The van der Waals surface area contributed by atoms with Crippen molar-refractivity contribution in [2.24, 2.45) is 7.05 Å². The maximum atomic E-state index is 13.8. The number of H-pyrrole nitrogens is 2. The number of hydrogen-bond acceptors (Lipinski definition) is 33. The number of phosphoric acid groups is 4. The van der Waals surface area contributed by atoms with Gasteiger partial charge >= 0.3 is 5.65 Å². The standard InChI is InChI=1S/C36H51N15O24P4/c1-13(2)69-23-15(71-33(22(23)54)50-11-43-18-28(50)44-35(37)46-30(18)55)7-66-76(57,58)73-24-16(72-34(25(24)65-5)49-10-42-17-26(39-3)40-9-41-27(17)49)8-68-78(61,62)75-79(63,64)74-77(59,60)67-6-14-20(52)21(53)32(70-14)51-12-48(4)19-29(51)45-36(38)47-31(19)56/h9-16,20-25,32-34,52-54H,6-8H2,1-5H3,(H10-,37,38,39,40,41,44,45,46,47,55,56,57,58,59,60,61,62,63,64)/p-3/t14-,15+,16+,20+,21?,22?,23-,24-,25?,32-,33+,34+/m0/s1. The fraction of sp³-hybridized carbons (Fsp3) is 0.583. The summed E-state index contributed by atoms with van der Waals surface area (Å²) in [6.45, 7) is -0.330. The van der Waals surface area contributed by atoms with E-state index in [0.717, 1.165) is 24.3 Å². The van der Waals surface area contributed by atoms with Gasteiger partial charge in [-0.1, -0.05) is 4.98 Å². The maximum Gasteiger partial charge on any atom is 0.313 e. The Bertz CT molecular complexity index is 3560. The summed E-state index contributed by atoms with van der Waals surface area (Å²) < 4.78 is 114. The molecule has 9 rings (SSSR count). The smallest absolute Gasteiger partial charge is 0.313 e. The van der Waals surface area contributed by atoms with Crippen LogP contribution in [0.3, 0.4) is 0 Å². The Morgan fingerprint density at radius 1 is 0.734 bits per heavy atom. The van der Waals surface area contributed by atoms with Crippen molar-refractivity contribution >= 4 is 82.5 Å². The number of aliphatic hydroxyl groups is 3. The van der Waals surface area contributed by atoms with Crippen molar-refractivity contribution < 1.29 is 108 Å². The van der Waals surface area contributed by atoms with E-state index in [1.54, 1.807) is 13.8 Å². The molecule has 79 heavy (non-hydrogen) atoms. The van der Waals surface area contributed by atoms with Gasteiger partial charge in [-0.05, 0) is 13.8 Å². The van der Waals surface area contributed by atoms with E-state index in [4.69, 9.17) is 48.7 Å². The highest BCUT2D eigenvalue weighted by atomic mass is 31.3. The Balaban J connectivity index is 0.885. The second kappa shape index (κ2) is 22.3. The first kappa shape index (κ1) is 58.5. The number of aromatic nitrogens is 12. The average Bonchev–Trinajstić information content (AvgIpc) is 4.42. The van der Waals surface area contributed by atoms with Crippen LogP contribution in [-0.2, 0) is 75.7 Å². The van der Waals surface area contributed by atoms with E-state index < -0.39 is 142 Å². The first-order chi connectivity index (χ1) is 37.1. The zero-order chi connectivity index (χ0) is 57.3. The van der Waals surface area contributed by atoms with E-state index >= 15 is 0 Å². The average molecular weight is 1200 g/mol. The molecule has 0 bridgehead atoms. The van der Waals surface area contributed by atoms with Gasteiger partial charge in [0, 0.05) is 14.2 Å². The Kier molecular flexibility index (Phi) is 16.5. The molecule has 434 valence electrons. The SMILES string of the molecule is CNc1ncnc2c1ncn2[C@@H]1O[C@H](COP(=O)([O-])OP(=O)([O-])OP(=O)([O-])OC[C@@H]2O[C@H]([n+]3cn(C)c4c(=O)[nH]c(N)nc43)C(O)[C@@H]2O)[C@H](OP(=O)([O-])OC[C@H]2O[C@@H](n3cnc4c(=O)[nH]c(N)nc43)C(O)[C@H]2OC(C)C)C1OC. The lowest BCUT2D eigenvalue weighted by Crippen LogP contribution is -2.46. The number of fused-ring (bicyclic) bond motifs is 3. The van der Waals surface area contributed by atoms with Gasteiger partial charge in [-0.3, -0.25) is 51.5 Å². The number of methoxy groups -OCH3 is 1. The molecule has 6 aromatic rings. The molecular formula is C36H48N15O24P4-3. The highest BCUT2D eigenvalue weighted by molar-refractivity contribution is 7.65. The van der Waals surface area contributed by atoms with Gasteiger partial charge in [0.15, 0.2) is 41.4 Å². The van der Waals surface area contributed by atoms with Crippen molar-refractivity contribution in [3.8, 4) is 0 Å². The highest BCUT2D eigenvalue weighted by Crippen LogP contribution is 2.63. The molecule has 39 nitrogen and oxygen atoms in total. The molecule has 7 unspecified atom stereocenters. The lowest BCUT2D eigenvalue weighted by Gasteiger charge is -2.35. The second-order valence-electron chi connectivity index (χ2n) is 17.8. The number of anilines is 3. The third-order valence-electron chi connectivity index (χ3n) is 12.1. The molecule has 6 aromatic heterocycles. The molecule has 3 aliphatic rings. The molecule has 0 aliphatic carbocycles. The minimum Gasteiger partial charge on any atom is -0.756 e. The topological polar surface area (TPSA) is 549 Å². The summed E-state index contributed by atoms with van der Waals surface area (Å²) >= 11 is 0. The molecule has 0 radical (unpaired) electrons. The Morgan fingerprint density at radius 2 is 1.32 bits per heavy atom. The van der Waals surface area contributed by atoms with Gasteiger partial charge in [0.2, 0.25) is 17.7 Å². The number of rotatable bonds is 22. The lowest BCUT2D eigenvalue weighted by molar-refractivity contribution is -0.745. The van der Waals surface area contributed by atoms with Crippen molar-refractivity contribution in [3.05, 3.63) is 46.0 Å². The zero-order valence-corrected chi connectivity index (χ0v) is 44.8. The second-order valence-corrected chi connectivity index (χ2v) is 23.6. The monoisotopic (exact) mass is 1200 g/mol. The van der Waals surface area contributed by atoms with Crippen LogP contribution in [0.5, 0.6) is 0 Å². The number of ether oxygens (including phenoxy) is 5. The molecule has 0 aromatic carbocycles. The van der Waals surface area contributed by atoms with Crippen molar-refractivity contribution in [2.75, 3.05) is 50.8 Å². The van der Waals surface area contributed by atoms with Crippen LogP contribution in [-0.4, -0.2) is 164 Å². The molecule has 10 N–H and O–H groups in total. The maximum absolute atomic E-state index is 13.8. The van der Waals surface area contributed by atoms with Crippen LogP contribution in [0.1, 0.15) is 32.5 Å². The summed E-state index contributed by atoms with van der Waals surface area (Å²) in [5.41, 5.74) is 9.78. The Hall–Kier alpha value is -5.15. The van der Waals surface area contributed by atoms with Gasteiger partial charge in [0.25, 0.3) is 48.4 Å². The van der Waals surface area contributed by atoms with Gasteiger partial charge in [0.1, 0.15) is 66.8 Å². The van der Waals surface area contributed by atoms with E-state index in [9.17, 15) is 62.7 Å². The van der Waals surface area contributed by atoms with Crippen LogP contribution in [0.25, 0.3) is 33.5 Å². The van der Waals surface area contributed by atoms with E-state index in [1.807, 2.05) is 0 Å². The number of nitrogens with two attached hydrogens (primary N) is 2. The normalized spacial score (nSPS) is 29.6. The zero-order valence-electron chi connectivity index (χ0n) is 41.3. The van der Waals surface area contributed by atoms with Crippen LogP contribution < -0.4 is 52.0 Å². The molecular weight excluding hydrogens is 1150 g/mol. The fourth-order valence-corrected chi connectivity index (χ4v) is 13.2. The third kappa shape index (κ3) is 12.1. The molecule has 0 saturated carbocycles. The van der Waals surface area contributed by atoms with Crippen LogP contribution in [0.2, 0.25) is 0 Å². The van der Waals surface area contributed by atoms with Crippen LogP contribution in [0, 0.1) is 0 Å². The highest BCUT2D eigenvalue weighted by Gasteiger charge is 2.52. The van der Waals surface area contributed by atoms with Crippen LogP contribution in [0.15, 0.2) is 34.9 Å². The molecule has 0 spiro atoms.